The lowest BCUT2D eigenvalue weighted by Crippen LogP contribution is -2.51. The number of likely N-dealkylation sites (tertiary alicyclic amines) is 1. The molecule has 0 radical (unpaired) electrons. The average molecular weight is 477 g/mol. The Hall–Kier alpha value is -3.39. The summed E-state index contributed by atoms with van der Waals surface area (Å²) in [5, 5.41) is 12.2. The number of nitrogens with zero attached hydrogens (tertiary/aromatic N) is 1. The number of carbonyl (C=O) groups excluding carboxylic acids is 2. The van der Waals surface area contributed by atoms with E-state index in [4.69, 9.17) is 9.47 Å². The molecule has 3 fully saturated rings. The highest BCUT2D eigenvalue weighted by molar-refractivity contribution is 5.84. The third-order valence-electron chi connectivity index (χ3n) is 8.07. The van der Waals surface area contributed by atoms with E-state index in [-0.39, 0.29) is 36.2 Å². The molecule has 2 heterocycles. The van der Waals surface area contributed by atoms with Crippen molar-refractivity contribution in [1.29, 1.82) is 0 Å². The van der Waals surface area contributed by atoms with E-state index in [2.05, 4.69) is 29.6 Å². The van der Waals surface area contributed by atoms with Gasteiger partial charge in [-0.05, 0) is 46.9 Å². The van der Waals surface area contributed by atoms with E-state index in [9.17, 15) is 19.5 Å². The fraction of sp³-hybridized carbons (Fsp3) is 0.444. The molecule has 2 aromatic carbocycles. The molecule has 2 saturated heterocycles. The lowest BCUT2D eigenvalue weighted by molar-refractivity contribution is -0.143. The van der Waals surface area contributed by atoms with Crippen LogP contribution in [0.5, 0.6) is 0 Å². The summed E-state index contributed by atoms with van der Waals surface area (Å²) in [5.41, 5.74) is 4.61. The Morgan fingerprint density at radius 1 is 1.00 bits per heavy atom. The van der Waals surface area contributed by atoms with Gasteiger partial charge in [0.1, 0.15) is 6.61 Å². The van der Waals surface area contributed by atoms with Crippen molar-refractivity contribution < 1.29 is 29.0 Å². The number of amides is 2. The van der Waals surface area contributed by atoms with Gasteiger partial charge in [0.25, 0.3) is 5.91 Å². The summed E-state index contributed by atoms with van der Waals surface area (Å²) in [6.07, 6.45) is -0.107. The lowest BCUT2D eigenvalue weighted by atomic mass is 9.98. The van der Waals surface area contributed by atoms with Crippen LogP contribution in [0.4, 0.5) is 4.79 Å². The van der Waals surface area contributed by atoms with Crippen molar-refractivity contribution in [3.63, 3.8) is 0 Å². The van der Waals surface area contributed by atoms with E-state index in [1.807, 2.05) is 24.3 Å². The first-order valence-electron chi connectivity index (χ1n) is 12.3. The van der Waals surface area contributed by atoms with Crippen LogP contribution in [0.15, 0.2) is 48.5 Å². The summed E-state index contributed by atoms with van der Waals surface area (Å²) in [6.45, 7) is 1.56. The normalized spacial score (nSPS) is 28.6. The molecule has 0 spiro atoms. The molecule has 8 nitrogen and oxygen atoms in total. The number of alkyl carbamates (subject to hydrolysis) is 1. The number of carboxylic acid groups (broad SMARTS) is 1. The number of benzene rings is 2. The highest BCUT2D eigenvalue weighted by Gasteiger charge is 2.58. The number of hydrogen-bond donors (Lipinski definition) is 2. The molecular formula is C27H28N2O6. The SMILES string of the molecule is O=C(N[C@@H]1CCO[C@@H]1C(=O)N1CC[C@H]2C(C(=O)O)[C@H]2C1)OCC1c2ccccc2-c2ccccc21. The molecule has 1 unspecified atom stereocenters. The van der Waals surface area contributed by atoms with E-state index in [1.54, 1.807) is 4.90 Å². The summed E-state index contributed by atoms with van der Waals surface area (Å²) in [5.74, 6) is -1.13. The molecule has 35 heavy (non-hydrogen) atoms. The predicted octanol–water partition coefficient (Wildman–Crippen LogP) is 2.86. The minimum Gasteiger partial charge on any atom is -0.481 e. The molecule has 0 bridgehead atoms. The van der Waals surface area contributed by atoms with Crippen molar-refractivity contribution in [1.82, 2.24) is 10.2 Å². The maximum absolute atomic E-state index is 13.1. The number of hydrogen-bond acceptors (Lipinski definition) is 5. The van der Waals surface area contributed by atoms with Crippen LogP contribution in [0.2, 0.25) is 0 Å². The summed E-state index contributed by atoms with van der Waals surface area (Å²) >= 11 is 0. The zero-order chi connectivity index (χ0) is 24.1. The molecule has 5 atom stereocenters. The van der Waals surface area contributed by atoms with Crippen LogP contribution >= 0.6 is 0 Å². The minimum atomic E-state index is -0.777. The number of ether oxygens (including phenoxy) is 2. The van der Waals surface area contributed by atoms with Crippen LogP contribution in [0.25, 0.3) is 11.1 Å². The van der Waals surface area contributed by atoms with Crippen LogP contribution in [0, 0.1) is 17.8 Å². The summed E-state index contributed by atoms with van der Waals surface area (Å²) in [6, 6.07) is 15.8. The smallest absolute Gasteiger partial charge is 0.407 e. The van der Waals surface area contributed by atoms with Crippen LogP contribution in [-0.2, 0) is 19.1 Å². The van der Waals surface area contributed by atoms with Gasteiger partial charge >= 0.3 is 12.1 Å². The summed E-state index contributed by atoms with van der Waals surface area (Å²) < 4.78 is 11.3. The van der Waals surface area contributed by atoms with Gasteiger partial charge in [-0.2, -0.15) is 0 Å². The van der Waals surface area contributed by atoms with Crippen molar-refractivity contribution in [2.24, 2.45) is 17.8 Å². The molecule has 0 aromatic heterocycles. The van der Waals surface area contributed by atoms with Gasteiger partial charge < -0.3 is 24.8 Å². The van der Waals surface area contributed by atoms with E-state index >= 15 is 0 Å². The number of aliphatic carboxylic acids is 1. The first-order valence-corrected chi connectivity index (χ1v) is 12.3. The fourth-order valence-corrected chi connectivity index (χ4v) is 6.26. The topological polar surface area (TPSA) is 105 Å². The molecule has 2 aliphatic heterocycles. The molecule has 2 N–H and O–H groups in total. The molecule has 182 valence electrons. The van der Waals surface area contributed by atoms with Gasteiger partial charge in [0.2, 0.25) is 0 Å². The summed E-state index contributed by atoms with van der Waals surface area (Å²) in [4.78, 5) is 38.9. The fourth-order valence-electron chi connectivity index (χ4n) is 6.26. The Morgan fingerprint density at radius 3 is 2.37 bits per heavy atom. The molecular weight excluding hydrogens is 448 g/mol. The molecule has 1 saturated carbocycles. The van der Waals surface area contributed by atoms with Gasteiger partial charge in [-0.3, -0.25) is 9.59 Å². The Balaban J connectivity index is 1.07. The largest absolute Gasteiger partial charge is 0.481 e. The van der Waals surface area contributed by atoms with E-state index in [0.29, 0.717) is 32.5 Å². The standard InChI is InChI=1S/C27H28N2O6/c30-25(29-11-9-19-20(13-29)23(19)26(31)32)24-22(10-12-34-24)28-27(33)35-14-21-17-7-3-1-5-15(17)16-6-2-4-8-18(16)21/h1-8,19-24H,9-14H2,(H,28,33)(H,31,32)/t19-,20+,22-,23?,24+/m1/s1. The monoisotopic (exact) mass is 476 g/mol. The maximum atomic E-state index is 13.1. The predicted molar refractivity (Wildman–Crippen MR) is 126 cm³/mol. The second-order valence-corrected chi connectivity index (χ2v) is 9.92. The molecule has 2 aromatic rings. The Labute approximate surface area is 203 Å². The van der Waals surface area contributed by atoms with Gasteiger partial charge in [-0.25, -0.2) is 4.79 Å². The number of nitrogens with one attached hydrogen (secondary N) is 1. The zero-order valence-corrected chi connectivity index (χ0v) is 19.3. The molecule has 6 rings (SSSR count). The quantitative estimate of drug-likeness (QED) is 0.688. The summed E-state index contributed by atoms with van der Waals surface area (Å²) in [7, 11) is 0. The molecule has 2 aliphatic carbocycles. The van der Waals surface area contributed by atoms with Crippen LogP contribution in [0.3, 0.4) is 0 Å². The maximum Gasteiger partial charge on any atom is 0.407 e. The third-order valence-corrected chi connectivity index (χ3v) is 8.07. The Kier molecular flexibility index (Phi) is 5.48. The van der Waals surface area contributed by atoms with Crippen LogP contribution in [-0.4, -0.2) is 66.4 Å². The zero-order valence-electron chi connectivity index (χ0n) is 19.3. The number of carboxylic acids is 1. The minimum absolute atomic E-state index is 0.0279. The van der Waals surface area contributed by atoms with Crippen molar-refractivity contribution in [2.75, 3.05) is 26.3 Å². The third kappa shape index (κ3) is 3.86. The molecule has 2 amide bonds. The Morgan fingerprint density at radius 2 is 1.69 bits per heavy atom. The van der Waals surface area contributed by atoms with Gasteiger partial charge in [-0.1, -0.05) is 48.5 Å². The number of piperidine rings is 1. The molecule has 8 heteroatoms. The van der Waals surface area contributed by atoms with Crippen LogP contribution in [0.1, 0.15) is 29.9 Å². The van der Waals surface area contributed by atoms with Gasteiger partial charge in [0, 0.05) is 25.6 Å². The van der Waals surface area contributed by atoms with Crippen LogP contribution < -0.4 is 5.32 Å². The van der Waals surface area contributed by atoms with Gasteiger partial charge in [0.15, 0.2) is 6.10 Å². The first kappa shape index (κ1) is 22.1. The Bertz CT molecular complexity index is 1140. The van der Waals surface area contributed by atoms with Gasteiger partial charge in [-0.15, -0.1) is 0 Å². The lowest BCUT2D eigenvalue weighted by Gasteiger charge is -2.30. The van der Waals surface area contributed by atoms with Crippen molar-refractivity contribution in [3.05, 3.63) is 59.7 Å². The van der Waals surface area contributed by atoms with Crippen molar-refractivity contribution in [3.8, 4) is 11.1 Å². The van der Waals surface area contributed by atoms with Crippen molar-refractivity contribution in [2.45, 2.75) is 30.9 Å². The highest BCUT2D eigenvalue weighted by atomic mass is 16.6. The number of fused-ring (bicyclic) bond motifs is 4. The van der Waals surface area contributed by atoms with Gasteiger partial charge in [0.05, 0.1) is 12.0 Å². The second-order valence-electron chi connectivity index (χ2n) is 9.92. The van der Waals surface area contributed by atoms with Crippen molar-refractivity contribution >= 4 is 18.0 Å². The molecule has 4 aliphatic rings. The van der Waals surface area contributed by atoms with E-state index in [0.717, 1.165) is 22.3 Å². The van der Waals surface area contributed by atoms with E-state index < -0.39 is 24.2 Å². The number of rotatable bonds is 5. The second kappa shape index (κ2) is 8.68. The highest BCUT2D eigenvalue weighted by Crippen LogP contribution is 2.51. The number of carbonyl (C=O) groups is 3. The first-order chi connectivity index (χ1) is 17.0. The average Bonchev–Trinajstić information content (AvgIpc) is 3.27. The van der Waals surface area contributed by atoms with E-state index in [1.165, 1.54) is 0 Å².